The van der Waals surface area contributed by atoms with Gasteiger partial charge in [0.2, 0.25) is 0 Å². The van der Waals surface area contributed by atoms with Crippen LogP contribution >= 0.6 is 0 Å². The van der Waals surface area contributed by atoms with Gasteiger partial charge in [-0.15, -0.1) is 0 Å². The molecule has 0 spiro atoms. The van der Waals surface area contributed by atoms with E-state index in [1.165, 1.54) is 5.69 Å². The minimum atomic E-state index is 0.469. The highest BCUT2D eigenvalue weighted by Gasteiger charge is 2.22. The number of aromatic nitrogens is 2. The first-order valence-corrected chi connectivity index (χ1v) is 8.47. The van der Waals surface area contributed by atoms with E-state index in [1.54, 1.807) is 12.3 Å². The second kappa shape index (κ2) is 7.89. The van der Waals surface area contributed by atoms with Gasteiger partial charge in [-0.3, -0.25) is 4.98 Å². The fourth-order valence-electron chi connectivity index (χ4n) is 3.22. The zero-order valence-corrected chi connectivity index (χ0v) is 14.1. The minimum absolute atomic E-state index is 0.469. The summed E-state index contributed by atoms with van der Waals surface area (Å²) >= 11 is 0. The molecule has 0 atom stereocenters. The zero-order valence-electron chi connectivity index (χ0n) is 14.1. The van der Waals surface area contributed by atoms with Crippen molar-refractivity contribution in [3.8, 4) is 6.07 Å². The Bertz CT molecular complexity index is 669. The molecular weight excluding hydrogens is 298 g/mol. The third-order valence-corrected chi connectivity index (χ3v) is 4.78. The van der Waals surface area contributed by atoms with Gasteiger partial charge in [0.1, 0.15) is 11.8 Å². The van der Waals surface area contributed by atoms with Gasteiger partial charge in [-0.25, -0.2) is 4.98 Å². The van der Waals surface area contributed by atoms with E-state index in [0.717, 1.165) is 44.6 Å². The Morgan fingerprint density at radius 1 is 1.21 bits per heavy atom. The first kappa shape index (κ1) is 16.4. The van der Waals surface area contributed by atoms with Crippen molar-refractivity contribution in [2.24, 2.45) is 0 Å². The Labute approximate surface area is 143 Å². The van der Waals surface area contributed by atoms with Crippen molar-refractivity contribution in [1.29, 1.82) is 5.26 Å². The molecule has 1 saturated heterocycles. The predicted molar refractivity (Wildman–Crippen MR) is 94.8 cm³/mol. The molecule has 2 aromatic rings. The molecule has 0 aromatic carbocycles. The zero-order chi connectivity index (χ0) is 16.8. The summed E-state index contributed by atoms with van der Waals surface area (Å²) in [5.41, 5.74) is 2.72. The van der Waals surface area contributed by atoms with Crippen LogP contribution in [0.15, 0.2) is 42.7 Å². The van der Waals surface area contributed by atoms with Crippen LogP contribution < -0.4 is 4.90 Å². The third kappa shape index (κ3) is 4.09. The molecule has 3 heterocycles. The number of nitrogens with zero attached hydrogens (tertiary/aromatic N) is 5. The number of likely N-dealkylation sites (tertiary alicyclic amines) is 1. The molecule has 5 heteroatoms. The lowest BCUT2D eigenvalue weighted by atomic mass is 10.0. The van der Waals surface area contributed by atoms with Crippen molar-refractivity contribution in [3.63, 3.8) is 0 Å². The SMILES string of the molecule is CN(c1ccc(C#N)nc1)C1CCN(CCc2ccccn2)CC1. The van der Waals surface area contributed by atoms with Crippen LogP contribution in [0.1, 0.15) is 24.2 Å². The number of hydrogen-bond acceptors (Lipinski definition) is 5. The average Bonchev–Trinajstić information content (AvgIpc) is 2.67. The summed E-state index contributed by atoms with van der Waals surface area (Å²) in [6.45, 7) is 3.31. The molecule has 5 nitrogen and oxygen atoms in total. The fraction of sp³-hybridized carbons (Fsp3) is 0.421. The van der Waals surface area contributed by atoms with E-state index in [0.29, 0.717) is 11.7 Å². The van der Waals surface area contributed by atoms with Crippen LogP contribution in [0.3, 0.4) is 0 Å². The van der Waals surface area contributed by atoms with Crippen molar-refractivity contribution < 1.29 is 0 Å². The lowest BCUT2D eigenvalue weighted by Crippen LogP contribution is -2.44. The number of nitriles is 1. The maximum absolute atomic E-state index is 8.84. The van der Waals surface area contributed by atoms with Crippen molar-refractivity contribution in [2.45, 2.75) is 25.3 Å². The summed E-state index contributed by atoms with van der Waals surface area (Å²) in [5, 5.41) is 8.84. The lowest BCUT2D eigenvalue weighted by molar-refractivity contribution is 0.212. The normalized spacial score (nSPS) is 15.8. The van der Waals surface area contributed by atoms with E-state index < -0.39 is 0 Å². The standard InChI is InChI=1S/C19H23N5/c1-23(19-6-5-17(14-20)22-15-19)18-8-12-24(13-9-18)11-7-16-4-2-3-10-21-16/h2-6,10,15,18H,7-9,11-13H2,1H3. The van der Waals surface area contributed by atoms with Gasteiger partial charge in [-0.05, 0) is 37.1 Å². The molecule has 2 aromatic heterocycles. The Hall–Kier alpha value is -2.45. The van der Waals surface area contributed by atoms with Crippen LogP contribution in [0, 0.1) is 11.3 Å². The Kier molecular flexibility index (Phi) is 5.39. The van der Waals surface area contributed by atoms with E-state index in [1.807, 2.05) is 18.3 Å². The van der Waals surface area contributed by atoms with Crippen molar-refractivity contribution in [2.75, 3.05) is 31.6 Å². The van der Waals surface area contributed by atoms with Gasteiger partial charge < -0.3 is 9.80 Å². The summed E-state index contributed by atoms with van der Waals surface area (Å²) in [5.74, 6) is 0. The number of pyridine rings is 2. The van der Waals surface area contributed by atoms with E-state index in [2.05, 4.69) is 45.0 Å². The highest BCUT2D eigenvalue weighted by atomic mass is 15.2. The summed E-state index contributed by atoms with van der Waals surface area (Å²) in [6, 6.07) is 12.5. The summed E-state index contributed by atoms with van der Waals surface area (Å²) in [6.07, 6.45) is 6.98. The van der Waals surface area contributed by atoms with Gasteiger partial charge >= 0.3 is 0 Å². The lowest BCUT2D eigenvalue weighted by Gasteiger charge is -2.37. The first-order valence-electron chi connectivity index (χ1n) is 8.47. The molecule has 1 aliphatic heterocycles. The molecular formula is C19H23N5. The maximum Gasteiger partial charge on any atom is 0.140 e. The van der Waals surface area contributed by atoms with Crippen molar-refractivity contribution in [3.05, 3.63) is 54.1 Å². The van der Waals surface area contributed by atoms with Gasteiger partial charge in [0, 0.05) is 51.0 Å². The number of hydrogen-bond donors (Lipinski definition) is 0. The van der Waals surface area contributed by atoms with E-state index in [-0.39, 0.29) is 0 Å². The molecule has 0 radical (unpaired) electrons. The van der Waals surface area contributed by atoms with E-state index in [9.17, 15) is 0 Å². The van der Waals surface area contributed by atoms with Gasteiger partial charge in [-0.1, -0.05) is 6.07 Å². The molecule has 0 unspecified atom stereocenters. The average molecular weight is 321 g/mol. The molecule has 0 aliphatic carbocycles. The highest BCUT2D eigenvalue weighted by Crippen LogP contribution is 2.21. The van der Waals surface area contributed by atoms with Crippen LogP contribution in [-0.4, -0.2) is 47.6 Å². The smallest absolute Gasteiger partial charge is 0.140 e. The third-order valence-electron chi connectivity index (χ3n) is 4.78. The van der Waals surface area contributed by atoms with Crippen LogP contribution in [0.5, 0.6) is 0 Å². The highest BCUT2D eigenvalue weighted by molar-refractivity contribution is 5.46. The van der Waals surface area contributed by atoms with Crippen molar-refractivity contribution >= 4 is 5.69 Å². The molecule has 0 saturated carbocycles. The molecule has 0 bridgehead atoms. The van der Waals surface area contributed by atoms with Gasteiger partial charge in [-0.2, -0.15) is 5.26 Å². The Balaban J connectivity index is 1.48. The first-order chi connectivity index (χ1) is 11.8. The number of piperidine rings is 1. The quantitative estimate of drug-likeness (QED) is 0.847. The minimum Gasteiger partial charge on any atom is -0.370 e. The Morgan fingerprint density at radius 3 is 2.67 bits per heavy atom. The molecule has 24 heavy (non-hydrogen) atoms. The molecule has 3 rings (SSSR count). The predicted octanol–water partition coefficient (Wildman–Crippen LogP) is 2.49. The molecule has 0 amide bonds. The second-order valence-electron chi connectivity index (χ2n) is 6.27. The van der Waals surface area contributed by atoms with Crippen LogP contribution in [0.4, 0.5) is 5.69 Å². The molecule has 1 aliphatic rings. The van der Waals surface area contributed by atoms with E-state index in [4.69, 9.17) is 5.26 Å². The van der Waals surface area contributed by atoms with Gasteiger partial charge in [0.05, 0.1) is 11.9 Å². The van der Waals surface area contributed by atoms with Crippen LogP contribution in [0.2, 0.25) is 0 Å². The van der Waals surface area contributed by atoms with Gasteiger partial charge in [0.15, 0.2) is 0 Å². The van der Waals surface area contributed by atoms with Gasteiger partial charge in [0.25, 0.3) is 0 Å². The number of anilines is 1. The Morgan fingerprint density at radius 2 is 2.04 bits per heavy atom. The van der Waals surface area contributed by atoms with Crippen LogP contribution in [0.25, 0.3) is 0 Å². The van der Waals surface area contributed by atoms with Crippen LogP contribution in [-0.2, 0) is 6.42 Å². The molecule has 1 fully saturated rings. The summed E-state index contributed by atoms with van der Waals surface area (Å²) < 4.78 is 0. The van der Waals surface area contributed by atoms with Crippen molar-refractivity contribution in [1.82, 2.24) is 14.9 Å². The molecule has 0 N–H and O–H groups in total. The monoisotopic (exact) mass is 321 g/mol. The summed E-state index contributed by atoms with van der Waals surface area (Å²) in [7, 11) is 2.12. The number of rotatable bonds is 5. The maximum atomic E-state index is 8.84. The topological polar surface area (TPSA) is 56.1 Å². The largest absolute Gasteiger partial charge is 0.370 e. The van der Waals surface area contributed by atoms with E-state index >= 15 is 0 Å². The second-order valence-corrected chi connectivity index (χ2v) is 6.27. The fourth-order valence-corrected chi connectivity index (χ4v) is 3.22. The summed E-state index contributed by atoms with van der Waals surface area (Å²) in [4.78, 5) is 13.4. The molecule has 124 valence electrons.